The fourth-order valence-electron chi connectivity index (χ4n) is 1.37. The summed E-state index contributed by atoms with van der Waals surface area (Å²) >= 11 is 5.68. The monoisotopic (exact) mass is 231 g/mol. The molecule has 0 atom stereocenters. The third-order valence-corrected chi connectivity index (χ3v) is 2.33. The summed E-state index contributed by atoms with van der Waals surface area (Å²) < 4.78 is 13.4. The molecule has 5 heteroatoms. The quantitative estimate of drug-likeness (QED) is 0.814. The van der Waals surface area contributed by atoms with Crippen molar-refractivity contribution in [1.29, 1.82) is 0 Å². The van der Waals surface area contributed by atoms with Gasteiger partial charge in [-0.25, -0.2) is 4.98 Å². The molecule has 0 aliphatic heterocycles. The minimum absolute atomic E-state index is 0.175. The Morgan fingerprint density at radius 2 is 2.27 bits per heavy atom. The van der Waals surface area contributed by atoms with Gasteiger partial charge in [-0.05, 0) is 6.07 Å². The Kier molecular flexibility index (Phi) is 3.29. The maximum atomic E-state index is 13.4. The summed E-state index contributed by atoms with van der Waals surface area (Å²) in [4.78, 5) is 14.1. The standard InChI is InChI=1S/C10H11ClFNO2/c1-10(2,4-8(14)15)7-3-6(11)5-13-9(7)12/h3,5H,4H2,1-2H3,(H,14,15). The molecular formula is C10H11ClFNO2. The van der Waals surface area contributed by atoms with Crippen LogP contribution in [0, 0.1) is 5.95 Å². The number of nitrogens with zero attached hydrogens (tertiary/aromatic N) is 1. The summed E-state index contributed by atoms with van der Waals surface area (Å²) in [6.07, 6.45) is 1.02. The van der Waals surface area contributed by atoms with Crippen LogP contribution in [0.1, 0.15) is 25.8 Å². The van der Waals surface area contributed by atoms with E-state index in [9.17, 15) is 9.18 Å². The van der Waals surface area contributed by atoms with Crippen LogP contribution in [0.3, 0.4) is 0 Å². The molecule has 1 rings (SSSR count). The van der Waals surface area contributed by atoms with Crippen molar-refractivity contribution in [3.05, 3.63) is 28.8 Å². The second-order valence-electron chi connectivity index (χ2n) is 3.95. The molecule has 0 radical (unpaired) electrons. The van der Waals surface area contributed by atoms with Crippen molar-refractivity contribution >= 4 is 17.6 Å². The highest BCUT2D eigenvalue weighted by Gasteiger charge is 2.28. The molecule has 3 nitrogen and oxygen atoms in total. The fourth-order valence-corrected chi connectivity index (χ4v) is 1.53. The van der Waals surface area contributed by atoms with Crippen LogP contribution < -0.4 is 0 Å². The molecule has 0 aliphatic rings. The maximum Gasteiger partial charge on any atom is 0.304 e. The maximum absolute atomic E-state index is 13.4. The summed E-state index contributed by atoms with van der Waals surface area (Å²) in [5.41, 5.74) is -0.606. The second kappa shape index (κ2) is 4.14. The fraction of sp³-hybridized carbons (Fsp3) is 0.400. The van der Waals surface area contributed by atoms with E-state index in [4.69, 9.17) is 16.7 Å². The molecule has 0 bridgehead atoms. The Labute approximate surface area is 91.9 Å². The molecule has 82 valence electrons. The number of carbonyl (C=O) groups is 1. The minimum atomic E-state index is -0.987. The minimum Gasteiger partial charge on any atom is -0.481 e. The zero-order chi connectivity index (χ0) is 11.6. The smallest absolute Gasteiger partial charge is 0.304 e. The van der Waals surface area contributed by atoms with Crippen LogP contribution in [0.2, 0.25) is 5.02 Å². The lowest BCUT2D eigenvalue weighted by Crippen LogP contribution is -2.23. The molecule has 0 saturated carbocycles. The van der Waals surface area contributed by atoms with Gasteiger partial charge in [-0.1, -0.05) is 25.4 Å². The van der Waals surface area contributed by atoms with Crippen molar-refractivity contribution < 1.29 is 14.3 Å². The first-order chi connectivity index (χ1) is 6.83. The molecule has 0 aliphatic carbocycles. The molecule has 15 heavy (non-hydrogen) atoms. The Hall–Kier alpha value is -1.16. The Morgan fingerprint density at radius 1 is 1.67 bits per heavy atom. The first kappa shape index (κ1) is 11.9. The summed E-state index contributed by atoms with van der Waals surface area (Å²) in [7, 11) is 0. The molecule has 0 spiro atoms. The molecule has 0 saturated heterocycles. The zero-order valence-corrected chi connectivity index (χ0v) is 9.18. The van der Waals surface area contributed by atoms with Gasteiger partial charge in [0.05, 0.1) is 11.4 Å². The van der Waals surface area contributed by atoms with Crippen LogP contribution in [0.15, 0.2) is 12.3 Å². The molecule has 0 fully saturated rings. The van der Waals surface area contributed by atoms with E-state index in [2.05, 4.69) is 4.98 Å². The molecule has 1 heterocycles. The summed E-state index contributed by atoms with van der Waals surface area (Å²) in [5, 5.41) is 8.99. The van der Waals surface area contributed by atoms with Crippen LogP contribution in [-0.2, 0) is 10.2 Å². The van der Waals surface area contributed by atoms with E-state index in [1.54, 1.807) is 13.8 Å². The molecule has 1 N–H and O–H groups in total. The van der Waals surface area contributed by atoms with Gasteiger partial charge in [0.1, 0.15) is 0 Å². The topological polar surface area (TPSA) is 50.2 Å². The van der Waals surface area contributed by atoms with Crippen LogP contribution in [-0.4, -0.2) is 16.1 Å². The Morgan fingerprint density at radius 3 is 2.80 bits per heavy atom. The van der Waals surface area contributed by atoms with E-state index < -0.39 is 17.3 Å². The van der Waals surface area contributed by atoms with E-state index in [1.165, 1.54) is 12.3 Å². The van der Waals surface area contributed by atoms with Gasteiger partial charge >= 0.3 is 5.97 Å². The first-order valence-electron chi connectivity index (χ1n) is 4.36. The first-order valence-corrected chi connectivity index (χ1v) is 4.74. The number of carboxylic acids is 1. The Bertz CT molecular complexity index is 393. The largest absolute Gasteiger partial charge is 0.481 e. The highest BCUT2D eigenvalue weighted by Crippen LogP contribution is 2.30. The lowest BCUT2D eigenvalue weighted by molar-refractivity contribution is -0.138. The number of pyridine rings is 1. The van der Waals surface area contributed by atoms with Gasteiger partial charge in [0.25, 0.3) is 0 Å². The molecule has 1 aromatic heterocycles. The number of aliphatic carboxylic acids is 1. The van der Waals surface area contributed by atoms with Crippen molar-refractivity contribution in [2.45, 2.75) is 25.7 Å². The highest BCUT2D eigenvalue weighted by atomic mass is 35.5. The number of aromatic nitrogens is 1. The van der Waals surface area contributed by atoms with E-state index in [0.29, 0.717) is 5.02 Å². The molecular weight excluding hydrogens is 221 g/mol. The number of carboxylic acid groups (broad SMARTS) is 1. The van der Waals surface area contributed by atoms with Crippen LogP contribution in [0.5, 0.6) is 0 Å². The molecule has 0 amide bonds. The lowest BCUT2D eigenvalue weighted by Gasteiger charge is -2.23. The third kappa shape index (κ3) is 2.89. The van der Waals surface area contributed by atoms with Gasteiger partial charge in [-0.2, -0.15) is 4.39 Å². The third-order valence-electron chi connectivity index (χ3n) is 2.13. The normalized spacial score (nSPS) is 11.5. The van der Waals surface area contributed by atoms with Crippen molar-refractivity contribution in [2.24, 2.45) is 0 Å². The van der Waals surface area contributed by atoms with Gasteiger partial charge in [0.2, 0.25) is 5.95 Å². The van der Waals surface area contributed by atoms with E-state index in [-0.39, 0.29) is 12.0 Å². The number of hydrogen-bond donors (Lipinski definition) is 1. The van der Waals surface area contributed by atoms with Crippen molar-refractivity contribution in [3.63, 3.8) is 0 Å². The van der Waals surface area contributed by atoms with E-state index in [1.807, 2.05) is 0 Å². The van der Waals surface area contributed by atoms with E-state index in [0.717, 1.165) is 0 Å². The van der Waals surface area contributed by atoms with Gasteiger partial charge in [-0.15, -0.1) is 0 Å². The van der Waals surface area contributed by atoms with E-state index >= 15 is 0 Å². The van der Waals surface area contributed by atoms with Gasteiger partial charge < -0.3 is 5.11 Å². The molecule has 0 unspecified atom stereocenters. The van der Waals surface area contributed by atoms with Crippen LogP contribution in [0.25, 0.3) is 0 Å². The highest BCUT2D eigenvalue weighted by molar-refractivity contribution is 6.30. The lowest BCUT2D eigenvalue weighted by atomic mass is 9.82. The molecule has 1 aromatic rings. The van der Waals surface area contributed by atoms with Gasteiger partial charge in [0.15, 0.2) is 0 Å². The zero-order valence-electron chi connectivity index (χ0n) is 8.42. The SMILES string of the molecule is CC(C)(CC(=O)O)c1cc(Cl)cnc1F. The number of halogens is 2. The summed E-state index contributed by atoms with van der Waals surface area (Å²) in [5.74, 6) is -1.66. The summed E-state index contributed by atoms with van der Waals surface area (Å²) in [6.45, 7) is 3.27. The van der Waals surface area contributed by atoms with Crippen molar-refractivity contribution in [1.82, 2.24) is 4.98 Å². The van der Waals surface area contributed by atoms with Crippen LogP contribution in [0.4, 0.5) is 4.39 Å². The predicted molar refractivity (Wildman–Crippen MR) is 54.5 cm³/mol. The van der Waals surface area contributed by atoms with Gasteiger partial charge in [-0.3, -0.25) is 4.79 Å². The average Bonchev–Trinajstić information content (AvgIpc) is 2.06. The average molecular weight is 232 g/mol. The number of hydrogen-bond acceptors (Lipinski definition) is 2. The van der Waals surface area contributed by atoms with Gasteiger partial charge in [0, 0.05) is 17.2 Å². The number of rotatable bonds is 3. The second-order valence-corrected chi connectivity index (χ2v) is 4.38. The van der Waals surface area contributed by atoms with Crippen molar-refractivity contribution in [3.8, 4) is 0 Å². The molecule has 0 aromatic carbocycles. The Balaban J connectivity index is 3.13. The predicted octanol–water partition coefficient (Wildman–Crippen LogP) is 2.63. The van der Waals surface area contributed by atoms with Crippen molar-refractivity contribution in [2.75, 3.05) is 0 Å². The summed E-state index contributed by atoms with van der Waals surface area (Å²) in [6, 6.07) is 1.41. The van der Waals surface area contributed by atoms with Crippen LogP contribution >= 0.6 is 11.6 Å².